The summed E-state index contributed by atoms with van der Waals surface area (Å²) in [5.41, 5.74) is 2.47. The number of likely N-dealkylation sites (N-methyl/N-ethyl adjacent to an activating group) is 1. The first-order chi connectivity index (χ1) is 20.2. The van der Waals surface area contributed by atoms with Gasteiger partial charge in [0.1, 0.15) is 23.1 Å². The number of ether oxygens (including phenoxy) is 5. The summed E-state index contributed by atoms with van der Waals surface area (Å²) in [5.74, 6) is 4.06. The summed E-state index contributed by atoms with van der Waals surface area (Å²) >= 11 is 0. The Kier molecular flexibility index (Phi) is 9.96. The van der Waals surface area contributed by atoms with E-state index in [4.69, 9.17) is 28.7 Å². The molecule has 0 N–H and O–H groups in total. The highest BCUT2D eigenvalue weighted by atomic mass is 16.5. The molecule has 0 aliphatic carbocycles. The van der Waals surface area contributed by atoms with E-state index in [1.165, 1.54) is 0 Å². The number of rotatable bonds is 13. The van der Waals surface area contributed by atoms with Crippen molar-refractivity contribution in [2.45, 2.75) is 45.9 Å². The molecule has 0 saturated carbocycles. The Labute approximate surface area is 247 Å². The van der Waals surface area contributed by atoms with Crippen LogP contribution in [0, 0.1) is 0 Å². The van der Waals surface area contributed by atoms with Gasteiger partial charge in [0.25, 0.3) is 5.56 Å². The average molecular weight is 576 g/mol. The molecule has 9 nitrogen and oxygen atoms in total. The third-order valence-corrected chi connectivity index (χ3v) is 7.44. The van der Waals surface area contributed by atoms with Gasteiger partial charge in [0.05, 0.1) is 45.4 Å². The lowest BCUT2D eigenvalue weighted by Crippen LogP contribution is -2.33. The van der Waals surface area contributed by atoms with E-state index < -0.39 is 0 Å². The monoisotopic (exact) mass is 575 g/mol. The molecule has 42 heavy (non-hydrogen) atoms. The Balaban J connectivity index is 1.71. The third kappa shape index (κ3) is 6.79. The zero-order valence-electron chi connectivity index (χ0n) is 25.8. The van der Waals surface area contributed by atoms with Crippen molar-refractivity contribution in [3.63, 3.8) is 0 Å². The number of hydrogen-bond donors (Lipinski definition) is 0. The van der Waals surface area contributed by atoms with Crippen LogP contribution >= 0.6 is 0 Å². The maximum Gasteiger partial charge on any atom is 0.261 e. The molecule has 0 saturated heterocycles. The van der Waals surface area contributed by atoms with Crippen LogP contribution in [0.25, 0.3) is 10.9 Å². The first-order valence-corrected chi connectivity index (χ1v) is 14.0. The molecule has 1 atom stereocenters. The Morgan fingerprint density at radius 2 is 1.50 bits per heavy atom. The van der Waals surface area contributed by atoms with E-state index >= 15 is 0 Å². The highest BCUT2D eigenvalue weighted by molar-refractivity contribution is 5.79. The minimum absolute atomic E-state index is 0.0100. The molecule has 0 aliphatic rings. The zero-order valence-corrected chi connectivity index (χ0v) is 25.8. The first-order valence-electron chi connectivity index (χ1n) is 14.0. The molecule has 3 aromatic carbocycles. The van der Waals surface area contributed by atoms with Crippen molar-refractivity contribution in [3.05, 3.63) is 81.9 Å². The van der Waals surface area contributed by atoms with Gasteiger partial charge in [-0.2, -0.15) is 0 Å². The first kappa shape index (κ1) is 30.7. The second-order valence-corrected chi connectivity index (χ2v) is 10.5. The van der Waals surface area contributed by atoms with Gasteiger partial charge in [-0.15, -0.1) is 0 Å². The maximum absolute atomic E-state index is 14.0. The van der Waals surface area contributed by atoms with Crippen molar-refractivity contribution < 1.29 is 23.7 Å². The van der Waals surface area contributed by atoms with E-state index in [0.717, 1.165) is 11.1 Å². The van der Waals surface area contributed by atoms with Crippen LogP contribution in [0.3, 0.4) is 0 Å². The van der Waals surface area contributed by atoms with Gasteiger partial charge in [-0.1, -0.05) is 6.07 Å². The van der Waals surface area contributed by atoms with Crippen LogP contribution in [0.1, 0.15) is 43.8 Å². The Morgan fingerprint density at radius 1 is 0.810 bits per heavy atom. The molecule has 1 aromatic heterocycles. The Morgan fingerprint density at radius 3 is 2.17 bits per heavy atom. The van der Waals surface area contributed by atoms with Crippen molar-refractivity contribution >= 4 is 10.9 Å². The van der Waals surface area contributed by atoms with Crippen LogP contribution in [0.15, 0.2) is 59.4 Å². The minimum Gasteiger partial charge on any atom is -0.497 e. The summed E-state index contributed by atoms with van der Waals surface area (Å²) in [7, 11) is 8.56. The van der Waals surface area contributed by atoms with Crippen molar-refractivity contribution in [1.82, 2.24) is 14.5 Å². The number of methoxy groups -OCH3 is 4. The highest BCUT2D eigenvalue weighted by Crippen LogP contribution is 2.32. The molecular weight excluding hydrogens is 534 g/mol. The van der Waals surface area contributed by atoms with Gasteiger partial charge in [-0.25, -0.2) is 4.98 Å². The minimum atomic E-state index is -0.113. The summed E-state index contributed by atoms with van der Waals surface area (Å²) in [6.45, 7) is 7.08. The lowest BCUT2D eigenvalue weighted by atomic mass is 10.1. The van der Waals surface area contributed by atoms with Crippen molar-refractivity contribution in [2.75, 3.05) is 42.0 Å². The molecule has 0 aliphatic heterocycles. The fourth-order valence-corrected chi connectivity index (χ4v) is 4.97. The molecule has 9 heteroatoms. The van der Waals surface area contributed by atoms with E-state index in [2.05, 4.69) is 11.8 Å². The van der Waals surface area contributed by atoms with Crippen LogP contribution in [0.5, 0.6) is 28.7 Å². The topological polar surface area (TPSA) is 84.3 Å². The molecule has 1 unspecified atom stereocenters. The van der Waals surface area contributed by atoms with Gasteiger partial charge >= 0.3 is 0 Å². The van der Waals surface area contributed by atoms with E-state index in [-0.39, 0.29) is 17.7 Å². The van der Waals surface area contributed by atoms with Gasteiger partial charge in [-0.3, -0.25) is 14.3 Å². The second-order valence-electron chi connectivity index (χ2n) is 10.5. The van der Waals surface area contributed by atoms with Crippen LogP contribution in [-0.2, 0) is 13.0 Å². The quantitative estimate of drug-likeness (QED) is 0.207. The third-order valence-electron chi connectivity index (χ3n) is 7.44. The Hall–Kier alpha value is -4.24. The van der Waals surface area contributed by atoms with Crippen molar-refractivity contribution in [3.8, 4) is 28.7 Å². The molecule has 0 amide bonds. The fraction of sp³-hybridized carbons (Fsp3) is 0.394. The standard InChI is InChI=1S/C33H41N3O6/c1-21(2)42-26-10-12-28-27(20-26)33(37)36(32(34-28)19-24-17-25(38-5)11-14-29(24)39-6)16-15-35(4)22(3)23-9-13-30(40-7)31(18-23)41-8/h9-14,17-18,20-22H,15-16,19H2,1-8H3. The lowest BCUT2D eigenvalue weighted by molar-refractivity contribution is 0.242. The lowest BCUT2D eigenvalue weighted by Gasteiger charge is -2.26. The van der Waals surface area contributed by atoms with Gasteiger partial charge in [0.2, 0.25) is 0 Å². The maximum atomic E-state index is 14.0. The smallest absolute Gasteiger partial charge is 0.261 e. The number of nitrogens with zero attached hydrogens (tertiary/aromatic N) is 3. The molecular formula is C33H41N3O6. The molecule has 1 heterocycles. The van der Waals surface area contributed by atoms with Crippen LogP contribution in [0.2, 0.25) is 0 Å². The summed E-state index contributed by atoms with van der Waals surface area (Å²) < 4.78 is 29.6. The van der Waals surface area contributed by atoms with E-state index in [9.17, 15) is 4.79 Å². The summed E-state index contributed by atoms with van der Waals surface area (Å²) in [6.07, 6.45) is 0.384. The Bertz CT molecular complexity index is 1580. The molecule has 0 spiro atoms. The van der Waals surface area contributed by atoms with Gasteiger partial charge in [0.15, 0.2) is 11.5 Å². The predicted molar refractivity (Wildman–Crippen MR) is 165 cm³/mol. The molecule has 0 fully saturated rings. The SMILES string of the molecule is COc1ccc(OC)c(Cc2nc3ccc(OC(C)C)cc3c(=O)n2CCN(C)C(C)c2ccc(OC)c(OC)c2)c1. The second kappa shape index (κ2) is 13.6. The zero-order chi connectivity index (χ0) is 30.4. The van der Waals surface area contributed by atoms with Gasteiger partial charge in [0, 0.05) is 31.1 Å². The molecule has 224 valence electrons. The number of aromatic nitrogens is 2. The summed E-state index contributed by atoms with van der Waals surface area (Å²) in [5, 5.41) is 0.519. The fourth-order valence-electron chi connectivity index (χ4n) is 4.97. The number of benzene rings is 3. The predicted octanol–water partition coefficient (Wildman–Crippen LogP) is 5.50. The van der Waals surface area contributed by atoms with E-state index in [1.54, 1.807) is 39.1 Å². The molecule has 4 aromatic rings. The summed E-state index contributed by atoms with van der Waals surface area (Å²) in [6, 6.07) is 17.1. The van der Waals surface area contributed by atoms with Crippen LogP contribution in [-0.4, -0.2) is 62.6 Å². The van der Waals surface area contributed by atoms with E-state index in [1.807, 2.05) is 69.4 Å². The number of hydrogen-bond acceptors (Lipinski definition) is 8. The largest absolute Gasteiger partial charge is 0.497 e. The molecule has 0 radical (unpaired) electrons. The van der Waals surface area contributed by atoms with Gasteiger partial charge in [-0.05, 0) is 81.9 Å². The molecule has 4 rings (SSSR count). The van der Waals surface area contributed by atoms with Crippen molar-refractivity contribution in [1.29, 1.82) is 0 Å². The van der Waals surface area contributed by atoms with Crippen LogP contribution < -0.4 is 29.2 Å². The normalized spacial score (nSPS) is 12.0. The van der Waals surface area contributed by atoms with E-state index in [0.29, 0.717) is 65.0 Å². The summed E-state index contributed by atoms with van der Waals surface area (Å²) in [4.78, 5) is 21.2. The highest BCUT2D eigenvalue weighted by Gasteiger charge is 2.19. The number of fused-ring (bicyclic) bond motifs is 1. The van der Waals surface area contributed by atoms with Crippen molar-refractivity contribution in [2.24, 2.45) is 0 Å². The van der Waals surface area contributed by atoms with Gasteiger partial charge < -0.3 is 23.7 Å². The van der Waals surface area contributed by atoms with Crippen LogP contribution in [0.4, 0.5) is 0 Å². The molecule has 0 bridgehead atoms. The average Bonchev–Trinajstić information content (AvgIpc) is 2.99.